The highest BCUT2D eigenvalue weighted by Gasteiger charge is 2.36. The molecule has 0 radical (unpaired) electrons. The van der Waals surface area contributed by atoms with E-state index in [0.717, 1.165) is 6.07 Å². The van der Waals surface area contributed by atoms with E-state index in [1.54, 1.807) is 19.2 Å². The largest absolute Gasteiger partial charge is 0.419 e. The topological polar surface area (TPSA) is 57.9 Å². The molecule has 1 aliphatic carbocycles. The molecule has 1 aromatic carbocycles. The number of rotatable bonds is 4. The number of fused-ring (bicyclic) bond motifs is 1. The van der Waals surface area contributed by atoms with Crippen LogP contribution >= 0.6 is 0 Å². The minimum Gasteiger partial charge on any atom is -0.362 e. The maximum absolute atomic E-state index is 13.4. The number of nitrogens with one attached hydrogen (secondary N) is 1. The Balaban J connectivity index is 1.80. The number of benzene rings is 1. The van der Waals surface area contributed by atoms with Crippen molar-refractivity contribution in [2.75, 3.05) is 5.32 Å². The summed E-state index contributed by atoms with van der Waals surface area (Å²) in [6.45, 7) is 5.01. The third kappa shape index (κ3) is 4.03. The average Bonchev–Trinajstić information content (AvgIpc) is 2.68. The number of carbonyl (C=O) groups excluding carboxylic acids is 1. The maximum Gasteiger partial charge on any atom is 0.419 e. The second kappa shape index (κ2) is 8.11. The van der Waals surface area contributed by atoms with Crippen LogP contribution in [0, 0.1) is 13.8 Å². The fourth-order valence-corrected chi connectivity index (χ4v) is 4.13. The Morgan fingerprint density at radius 1 is 1.22 bits per heavy atom. The molecule has 1 saturated carbocycles. The zero-order valence-electron chi connectivity index (χ0n) is 17.9. The van der Waals surface area contributed by atoms with Gasteiger partial charge in [-0.25, -0.2) is 19.2 Å². The molecule has 4 rings (SSSR count). The van der Waals surface area contributed by atoms with Crippen LogP contribution in [0.5, 0.6) is 0 Å². The molecule has 1 aliphatic heterocycles. The van der Waals surface area contributed by atoms with Gasteiger partial charge in [0.15, 0.2) is 11.9 Å². The van der Waals surface area contributed by atoms with Gasteiger partial charge < -0.3 is 5.32 Å². The van der Waals surface area contributed by atoms with Crippen molar-refractivity contribution in [1.82, 2.24) is 9.97 Å². The van der Waals surface area contributed by atoms with E-state index in [-0.39, 0.29) is 24.3 Å². The predicted octanol–water partition coefficient (Wildman–Crippen LogP) is 3.32. The minimum absolute atomic E-state index is 0.158. The van der Waals surface area contributed by atoms with Crippen molar-refractivity contribution in [3.63, 3.8) is 0 Å². The van der Waals surface area contributed by atoms with Crippen LogP contribution < -0.4 is 15.9 Å². The number of aryl methyl sites for hydroxylation is 1. The number of halogens is 4. The molecular formula is C23H23F4N4O+. The summed E-state index contributed by atoms with van der Waals surface area (Å²) in [4.78, 5) is 21.3. The second-order valence-corrected chi connectivity index (χ2v) is 8.09. The molecule has 2 aromatic rings. The standard InChI is InChI=1S/C23H22F4N4O/c1-4-19(16-6-5-7-18(12(16)2)23(25,26)27)30-22-17-11-31(15-8-14(24)9-15)21(32)10-20(17)28-13(3)29-22/h5-7,10-11,14,19H,4,8-9H2,1-3H3/p+1. The summed E-state index contributed by atoms with van der Waals surface area (Å²) in [5.74, 6) is 0.540. The molecule has 1 fully saturated rings. The number of nitrogens with zero attached hydrogens (tertiary/aromatic N) is 3. The lowest BCUT2D eigenvalue weighted by atomic mass is 9.94. The van der Waals surface area contributed by atoms with E-state index in [4.69, 9.17) is 0 Å². The van der Waals surface area contributed by atoms with Gasteiger partial charge in [0.05, 0.1) is 35.9 Å². The lowest BCUT2D eigenvalue weighted by molar-refractivity contribution is -0.347. The highest BCUT2D eigenvalue weighted by molar-refractivity contribution is 6.04. The van der Waals surface area contributed by atoms with Crippen LogP contribution in [0.15, 0.2) is 18.2 Å². The first-order chi connectivity index (χ1) is 15.1. The number of hydrogen-bond donors (Lipinski definition) is 1. The van der Waals surface area contributed by atoms with Gasteiger partial charge in [-0.3, -0.25) is 0 Å². The first-order valence-electron chi connectivity index (χ1n) is 10.4. The van der Waals surface area contributed by atoms with Gasteiger partial charge in [0.2, 0.25) is 0 Å². The normalized spacial score (nSPS) is 19.0. The Bertz CT molecular complexity index is 1240. The van der Waals surface area contributed by atoms with Crippen LogP contribution in [0.25, 0.3) is 12.3 Å². The quantitative estimate of drug-likeness (QED) is 0.577. The summed E-state index contributed by atoms with van der Waals surface area (Å²) in [7, 11) is 0. The highest BCUT2D eigenvalue weighted by atomic mass is 19.4. The van der Waals surface area contributed by atoms with Gasteiger partial charge >= 0.3 is 12.1 Å². The van der Waals surface area contributed by atoms with E-state index in [9.17, 15) is 22.4 Å². The third-order valence-electron chi connectivity index (χ3n) is 5.87. The molecule has 2 heterocycles. The van der Waals surface area contributed by atoms with Crippen LogP contribution in [0.4, 0.5) is 23.4 Å². The van der Waals surface area contributed by atoms with Crippen molar-refractivity contribution in [1.29, 1.82) is 0 Å². The number of amides is 1. The van der Waals surface area contributed by atoms with Gasteiger partial charge in [0.1, 0.15) is 23.0 Å². The van der Waals surface area contributed by atoms with Crippen molar-refractivity contribution in [3.05, 3.63) is 51.3 Å². The molecule has 1 aromatic heterocycles. The van der Waals surface area contributed by atoms with E-state index < -0.39 is 24.0 Å². The molecule has 1 unspecified atom stereocenters. The van der Waals surface area contributed by atoms with Crippen LogP contribution in [-0.4, -0.2) is 32.3 Å². The summed E-state index contributed by atoms with van der Waals surface area (Å²) in [6, 6.07) is 3.70. The Morgan fingerprint density at radius 3 is 2.56 bits per heavy atom. The van der Waals surface area contributed by atoms with Crippen molar-refractivity contribution < 1.29 is 26.9 Å². The van der Waals surface area contributed by atoms with E-state index in [1.165, 1.54) is 23.6 Å². The van der Waals surface area contributed by atoms with E-state index in [1.807, 2.05) is 6.92 Å². The molecule has 32 heavy (non-hydrogen) atoms. The van der Waals surface area contributed by atoms with Crippen LogP contribution in [0.2, 0.25) is 0 Å². The SMILES string of the molecule is CCC(Nc1nc(C)nc2c1=C[N+](=C1CC(F)C1)C(=O)C=2)c1cccc(C(F)(F)F)c1C. The first kappa shape index (κ1) is 22.1. The zero-order valence-corrected chi connectivity index (χ0v) is 17.9. The fourth-order valence-electron chi connectivity index (χ4n) is 4.13. The molecule has 1 atom stereocenters. The lowest BCUT2D eigenvalue weighted by Gasteiger charge is -2.23. The Morgan fingerprint density at radius 2 is 1.94 bits per heavy atom. The minimum atomic E-state index is -4.44. The number of anilines is 1. The van der Waals surface area contributed by atoms with Crippen molar-refractivity contribution in [3.8, 4) is 0 Å². The Hall–Kier alpha value is -3.10. The van der Waals surface area contributed by atoms with Gasteiger partial charge in [-0.1, -0.05) is 19.1 Å². The average molecular weight is 447 g/mol. The van der Waals surface area contributed by atoms with Crippen LogP contribution in [0.1, 0.15) is 54.7 Å². The fraction of sp³-hybridized carbons (Fsp3) is 0.391. The highest BCUT2D eigenvalue weighted by Crippen LogP contribution is 2.35. The van der Waals surface area contributed by atoms with Gasteiger partial charge in [0, 0.05) is 0 Å². The molecule has 0 spiro atoms. The Kier molecular flexibility index (Phi) is 5.60. The number of carbonyl (C=O) groups is 1. The molecule has 0 saturated heterocycles. The summed E-state index contributed by atoms with van der Waals surface area (Å²) < 4.78 is 55.0. The molecular weight excluding hydrogens is 424 g/mol. The maximum atomic E-state index is 13.4. The van der Waals surface area contributed by atoms with E-state index >= 15 is 0 Å². The molecule has 2 aliphatic rings. The molecule has 168 valence electrons. The lowest BCUT2D eigenvalue weighted by Crippen LogP contribution is -2.44. The molecule has 1 N–H and O–H groups in total. The van der Waals surface area contributed by atoms with E-state index in [0.29, 0.717) is 39.9 Å². The summed E-state index contributed by atoms with van der Waals surface area (Å²) >= 11 is 0. The monoisotopic (exact) mass is 447 g/mol. The third-order valence-corrected chi connectivity index (χ3v) is 5.87. The summed E-state index contributed by atoms with van der Waals surface area (Å²) in [5.41, 5.74) is 0.686. The first-order valence-corrected chi connectivity index (χ1v) is 10.4. The van der Waals surface area contributed by atoms with Gasteiger partial charge in [0.25, 0.3) is 0 Å². The van der Waals surface area contributed by atoms with E-state index in [2.05, 4.69) is 15.3 Å². The molecule has 1 amide bonds. The van der Waals surface area contributed by atoms with Crippen molar-refractivity contribution >= 4 is 29.7 Å². The second-order valence-electron chi connectivity index (χ2n) is 8.09. The number of alkyl halides is 4. The molecule has 5 nitrogen and oxygen atoms in total. The number of aromatic nitrogens is 2. The van der Waals surface area contributed by atoms with Crippen LogP contribution in [-0.2, 0) is 11.0 Å². The van der Waals surface area contributed by atoms with Crippen molar-refractivity contribution in [2.24, 2.45) is 0 Å². The van der Waals surface area contributed by atoms with Crippen molar-refractivity contribution in [2.45, 2.75) is 58.4 Å². The van der Waals surface area contributed by atoms with Gasteiger partial charge in [-0.2, -0.15) is 13.2 Å². The van der Waals surface area contributed by atoms with Gasteiger partial charge in [-0.15, -0.1) is 4.58 Å². The van der Waals surface area contributed by atoms with Gasteiger partial charge in [-0.05, 0) is 37.5 Å². The van der Waals surface area contributed by atoms with Crippen LogP contribution in [0.3, 0.4) is 0 Å². The summed E-state index contributed by atoms with van der Waals surface area (Å²) in [5, 5.41) is 4.24. The Labute approximate surface area is 182 Å². The number of hydrogen-bond acceptors (Lipinski definition) is 4. The molecule has 0 bridgehead atoms. The zero-order chi connectivity index (χ0) is 23.2. The predicted molar refractivity (Wildman–Crippen MR) is 112 cm³/mol. The molecule has 9 heteroatoms. The summed E-state index contributed by atoms with van der Waals surface area (Å²) in [6.07, 6.45) is -1.53. The smallest absolute Gasteiger partial charge is 0.362 e.